The molecule has 1 saturated heterocycles. The molecule has 3 N–H and O–H groups in total. The molecule has 4 heterocycles. The highest BCUT2D eigenvalue weighted by Gasteiger charge is 2.27. The molecule has 2 aromatic heterocycles. The van der Waals surface area contributed by atoms with E-state index in [9.17, 15) is 9.18 Å². The summed E-state index contributed by atoms with van der Waals surface area (Å²) in [6, 6.07) is 6.31. The van der Waals surface area contributed by atoms with Crippen molar-refractivity contribution >= 4 is 29.0 Å². The van der Waals surface area contributed by atoms with E-state index in [1.807, 2.05) is 0 Å². The van der Waals surface area contributed by atoms with Crippen molar-refractivity contribution in [2.75, 3.05) is 11.9 Å². The number of rotatable bonds is 4. The van der Waals surface area contributed by atoms with Crippen molar-refractivity contribution in [1.82, 2.24) is 25.6 Å². The minimum Gasteiger partial charge on any atom is -0.346 e. The summed E-state index contributed by atoms with van der Waals surface area (Å²) in [7, 11) is 0. The third kappa shape index (κ3) is 3.20. The van der Waals surface area contributed by atoms with E-state index < -0.39 is 5.82 Å². The van der Waals surface area contributed by atoms with Crippen LogP contribution in [0.4, 0.5) is 15.9 Å². The molecular formula is C20H16ClFN6O. The number of anilines is 2. The highest BCUT2D eigenvalue weighted by Crippen LogP contribution is 2.35. The molecule has 29 heavy (non-hydrogen) atoms. The largest absolute Gasteiger partial charge is 0.346 e. The van der Waals surface area contributed by atoms with Gasteiger partial charge in [0.1, 0.15) is 11.6 Å². The van der Waals surface area contributed by atoms with Crippen molar-refractivity contribution in [2.45, 2.75) is 19.0 Å². The number of fused-ring (bicyclic) bond motifs is 1. The van der Waals surface area contributed by atoms with Gasteiger partial charge in [-0.3, -0.25) is 9.78 Å². The van der Waals surface area contributed by atoms with Crippen molar-refractivity contribution < 1.29 is 9.18 Å². The van der Waals surface area contributed by atoms with E-state index >= 15 is 0 Å². The number of carbonyl (C=O) groups is 1. The highest BCUT2D eigenvalue weighted by atomic mass is 35.5. The van der Waals surface area contributed by atoms with Gasteiger partial charge in [-0.1, -0.05) is 17.7 Å². The summed E-state index contributed by atoms with van der Waals surface area (Å²) >= 11 is 6.21. The van der Waals surface area contributed by atoms with Crippen LogP contribution < -0.4 is 16.0 Å². The lowest BCUT2D eigenvalue weighted by Crippen LogP contribution is -2.35. The molecule has 146 valence electrons. The predicted octanol–water partition coefficient (Wildman–Crippen LogP) is 3.35. The first-order valence-corrected chi connectivity index (χ1v) is 9.57. The van der Waals surface area contributed by atoms with E-state index in [2.05, 4.69) is 30.9 Å². The molecule has 1 atom stereocenters. The summed E-state index contributed by atoms with van der Waals surface area (Å²) in [5.41, 5.74) is 2.82. The van der Waals surface area contributed by atoms with Gasteiger partial charge >= 0.3 is 0 Å². The van der Waals surface area contributed by atoms with Gasteiger partial charge in [0, 0.05) is 0 Å². The molecule has 2 aliphatic heterocycles. The van der Waals surface area contributed by atoms with Crippen LogP contribution in [0.3, 0.4) is 0 Å². The molecule has 0 aliphatic carbocycles. The summed E-state index contributed by atoms with van der Waals surface area (Å²) in [5, 5.41) is 9.39. The van der Waals surface area contributed by atoms with Gasteiger partial charge in [0.05, 0.1) is 63.9 Å². The number of nitrogens with one attached hydrogen (secondary N) is 3. The van der Waals surface area contributed by atoms with E-state index in [0.29, 0.717) is 28.5 Å². The molecule has 1 unspecified atom stereocenters. The molecule has 0 radical (unpaired) electrons. The fourth-order valence-electron chi connectivity index (χ4n) is 3.46. The fourth-order valence-corrected chi connectivity index (χ4v) is 3.72. The molecule has 7 nitrogen and oxygen atoms in total. The van der Waals surface area contributed by atoms with Crippen LogP contribution in [0.15, 0.2) is 36.7 Å². The van der Waals surface area contributed by atoms with E-state index in [-0.39, 0.29) is 29.1 Å². The molecule has 5 rings (SSSR count). The lowest BCUT2D eigenvalue weighted by atomic mass is 10.0. The SMILES string of the molecule is O=C1NCc2nc(-c3c(F)cccc3Cl)cc(Nc3cnc(C4CCN4)cn3)c21. The second kappa shape index (κ2) is 7.06. The van der Waals surface area contributed by atoms with Crippen LogP contribution in [0, 0.1) is 5.82 Å². The average molecular weight is 411 g/mol. The molecule has 9 heteroatoms. The Morgan fingerprint density at radius 1 is 1.21 bits per heavy atom. The molecule has 0 spiro atoms. The minimum absolute atomic E-state index is 0.192. The predicted molar refractivity (Wildman–Crippen MR) is 106 cm³/mol. The Bertz CT molecular complexity index is 1100. The lowest BCUT2D eigenvalue weighted by molar-refractivity contribution is 0.0966. The number of pyridine rings is 1. The van der Waals surface area contributed by atoms with Crippen molar-refractivity contribution in [3.8, 4) is 11.3 Å². The lowest BCUT2D eigenvalue weighted by Gasteiger charge is -2.26. The molecule has 2 aliphatic rings. The maximum atomic E-state index is 14.4. The summed E-state index contributed by atoms with van der Waals surface area (Å²) in [4.78, 5) is 25.6. The van der Waals surface area contributed by atoms with E-state index in [1.165, 1.54) is 12.1 Å². The number of hydrogen-bond acceptors (Lipinski definition) is 6. The van der Waals surface area contributed by atoms with Gasteiger partial charge < -0.3 is 16.0 Å². The van der Waals surface area contributed by atoms with Gasteiger partial charge in [0.25, 0.3) is 5.91 Å². The van der Waals surface area contributed by atoms with Gasteiger partial charge in [0.15, 0.2) is 0 Å². The van der Waals surface area contributed by atoms with Crippen molar-refractivity contribution in [1.29, 1.82) is 0 Å². The normalized spacial score (nSPS) is 17.4. The number of aromatic nitrogens is 3. The first kappa shape index (κ1) is 18.0. The van der Waals surface area contributed by atoms with Crippen LogP contribution in [0.2, 0.25) is 5.02 Å². The van der Waals surface area contributed by atoms with Gasteiger partial charge in [-0.15, -0.1) is 0 Å². The number of benzene rings is 1. The molecule has 0 bridgehead atoms. The number of hydrogen-bond donors (Lipinski definition) is 3. The highest BCUT2D eigenvalue weighted by molar-refractivity contribution is 6.33. The van der Waals surface area contributed by atoms with Crippen LogP contribution in [-0.4, -0.2) is 27.4 Å². The number of amides is 1. The van der Waals surface area contributed by atoms with Crippen molar-refractivity contribution in [3.05, 3.63) is 64.5 Å². The Hall–Kier alpha value is -3.10. The third-order valence-electron chi connectivity index (χ3n) is 5.07. The molecule has 1 amide bonds. The van der Waals surface area contributed by atoms with Crippen LogP contribution in [0.5, 0.6) is 0 Å². The summed E-state index contributed by atoms with van der Waals surface area (Å²) in [6.45, 7) is 1.24. The Kier molecular flexibility index (Phi) is 4.37. The van der Waals surface area contributed by atoms with Crippen LogP contribution in [0.25, 0.3) is 11.3 Å². The maximum absolute atomic E-state index is 14.4. The first-order valence-electron chi connectivity index (χ1n) is 9.19. The first-order chi connectivity index (χ1) is 14.1. The minimum atomic E-state index is -0.481. The Morgan fingerprint density at radius 2 is 2.07 bits per heavy atom. The average Bonchev–Trinajstić information content (AvgIpc) is 3.03. The Balaban J connectivity index is 1.55. The zero-order chi connectivity index (χ0) is 20.0. The number of halogens is 2. The Labute approximate surface area is 170 Å². The third-order valence-corrected chi connectivity index (χ3v) is 5.39. The molecule has 1 fully saturated rings. The fraction of sp³-hybridized carbons (Fsp3) is 0.200. The number of nitrogens with zero attached hydrogens (tertiary/aromatic N) is 3. The van der Waals surface area contributed by atoms with E-state index in [4.69, 9.17) is 11.6 Å². The van der Waals surface area contributed by atoms with Gasteiger partial charge in [-0.2, -0.15) is 0 Å². The standard InChI is InChI=1S/C20H16ClFN6O/c21-10-2-1-3-11(22)18(10)13-6-14(19-16(27-13)8-26-20(19)29)28-17-9-24-15(7-25-17)12-4-5-23-12/h1-3,6-7,9,12,23H,4-5,8H2,(H,26,29)(H,25,27,28). The molecular weight excluding hydrogens is 395 g/mol. The van der Waals surface area contributed by atoms with Crippen LogP contribution in [0.1, 0.15) is 34.2 Å². The summed E-state index contributed by atoms with van der Waals surface area (Å²) in [6.07, 6.45) is 4.35. The Morgan fingerprint density at radius 3 is 2.76 bits per heavy atom. The quantitative estimate of drug-likeness (QED) is 0.611. The topological polar surface area (TPSA) is 91.8 Å². The van der Waals surface area contributed by atoms with Crippen LogP contribution in [-0.2, 0) is 6.54 Å². The molecule has 1 aromatic carbocycles. The second-order valence-electron chi connectivity index (χ2n) is 6.90. The van der Waals surface area contributed by atoms with Crippen molar-refractivity contribution in [3.63, 3.8) is 0 Å². The van der Waals surface area contributed by atoms with Gasteiger partial charge in [-0.05, 0) is 31.2 Å². The summed E-state index contributed by atoms with van der Waals surface area (Å²) < 4.78 is 14.4. The van der Waals surface area contributed by atoms with Gasteiger partial charge in [0.2, 0.25) is 0 Å². The zero-order valence-electron chi connectivity index (χ0n) is 15.2. The van der Waals surface area contributed by atoms with Gasteiger partial charge in [-0.25, -0.2) is 14.4 Å². The molecule has 3 aromatic rings. The van der Waals surface area contributed by atoms with Crippen molar-refractivity contribution in [2.24, 2.45) is 0 Å². The summed E-state index contributed by atoms with van der Waals surface area (Å²) in [5.74, 6) is -0.249. The number of carbonyl (C=O) groups excluding carboxylic acids is 1. The smallest absolute Gasteiger partial charge is 0.255 e. The van der Waals surface area contributed by atoms with Crippen LogP contribution >= 0.6 is 11.6 Å². The zero-order valence-corrected chi connectivity index (χ0v) is 15.9. The monoisotopic (exact) mass is 410 g/mol. The van der Waals surface area contributed by atoms with E-state index in [1.54, 1.807) is 24.5 Å². The molecule has 0 saturated carbocycles. The van der Waals surface area contributed by atoms with E-state index in [0.717, 1.165) is 18.7 Å². The maximum Gasteiger partial charge on any atom is 0.255 e. The second-order valence-corrected chi connectivity index (χ2v) is 7.31.